The van der Waals surface area contributed by atoms with Gasteiger partial charge in [0.25, 0.3) is 0 Å². The van der Waals surface area contributed by atoms with Crippen molar-refractivity contribution in [2.24, 2.45) is 0 Å². The minimum Gasteiger partial charge on any atom is -0.445 e. The monoisotopic (exact) mass is 368 g/mol. The number of carbonyl (C=O) groups is 1. The Balaban J connectivity index is 1.39. The minimum absolute atomic E-state index is 0.0734. The van der Waals surface area contributed by atoms with E-state index in [1.807, 2.05) is 11.0 Å². The maximum atomic E-state index is 13.3. The molecule has 3 aromatic rings. The highest BCUT2D eigenvalue weighted by Gasteiger charge is 2.27. The Labute approximate surface area is 156 Å². The van der Waals surface area contributed by atoms with Gasteiger partial charge in [0.1, 0.15) is 18.1 Å². The number of likely N-dealkylation sites (tertiary alicyclic amines) is 1. The van der Waals surface area contributed by atoms with Gasteiger partial charge in [-0.3, -0.25) is 4.79 Å². The summed E-state index contributed by atoms with van der Waals surface area (Å²) in [4.78, 5) is 22.8. The lowest BCUT2D eigenvalue weighted by atomic mass is 9.98. The summed E-state index contributed by atoms with van der Waals surface area (Å²) in [5, 5.41) is 0. The summed E-state index contributed by atoms with van der Waals surface area (Å²) in [7, 11) is 0. The summed E-state index contributed by atoms with van der Waals surface area (Å²) in [6.45, 7) is 1.65. The Morgan fingerprint density at radius 1 is 1.37 bits per heavy atom. The second-order valence-corrected chi connectivity index (χ2v) is 6.89. The minimum atomic E-state index is -0.258. The van der Waals surface area contributed by atoms with Crippen molar-refractivity contribution in [1.29, 1.82) is 0 Å². The number of rotatable bonds is 5. The van der Waals surface area contributed by atoms with Crippen LogP contribution < -0.4 is 0 Å². The van der Waals surface area contributed by atoms with Crippen LogP contribution in [0, 0.1) is 5.82 Å². The fraction of sp³-hybridized carbons (Fsp3) is 0.350. The van der Waals surface area contributed by atoms with Gasteiger partial charge in [0.15, 0.2) is 5.89 Å². The molecular formula is C20H21FN4O2. The number of carbonyl (C=O) groups excluding carboxylic acids is 1. The highest BCUT2D eigenvalue weighted by molar-refractivity contribution is 5.76. The van der Waals surface area contributed by atoms with Gasteiger partial charge in [0.05, 0.1) is 18.4 Å². The van der Waals surface area contributed by atoms with Crippen LogP contribution in [0.15, 0.2) is 53.6 Å². The van der Waals surface area contributed by atoms with Gasteiger partial charge in [-0.05, 0) is 30.5 Å². The van der Waals surface area contributed by atoms with E-state index in [1.165, 1.54) is 12.1 Å². The average Bonchev–Trinajstić information content (AvgIpc) is 3.34. The van der Waals surface area contributed by atoms with Crippen molar-refractivity contribution >= 4 is 5.91 Å². The van der Waals surface area contributed by atoms with Crippen molar-refractivity contribution in [3.8, 4) is 0 Å². The Morgan fingerprint density at radius 3 is 3.11 bits per heavy atom. The van der Waals surface area contributed by atoms with Crippen molar-refractivity contribution in [2.75, 3.05) is 13.1 Å². The van der Waals surface area contributed by atoms with E-state index in [2.05, 4.69) is 9.97 Å². The first-order valence-corrected chi connectivity index (χ1v) is 9.10. The molecule has 0 aliphatic carbocycles. The number of nitrogens with zero attached hydrogens (tertiary/aromatic N) is 4. The normalized spacial score (nSPS) is 17.2. The molecule has 2 aromatic heterocycles. The second-order valence-electron chi connectivity index (χ2n) is 6.89. The molecular weight excluding hydrogens is 347 g/mol. The summed E-state index contributed by atoms with van der Waals surface area (Å²) in [6, 6.07) is 6.47. The van der Waals surface area contributed by atoms with E-state index in [9.17, 15) is 9.18 Å². The van der Waals surface area contributed by atoms with Crippen molar-refractivity contribution in [3.63, 3.8) is 0 Å². The van der Waals surface area contributed by atoms with E-state index in [0.29, 0.717) is 31.2 Å². The maximum absolute atomic E-state index is 13.3. The smallest absolute Gasteiger partial charge is 0.242 e. The highest BCUT2D eigenvalue weighted by atomic mass is 19.1. The molecule has 1 amide bonds. The standard InChI is InChI=1S/C20H21FN4O2/c21-17-5-1-3-15(9-17)10-18-11-23-20(27-18)16-4-2-7-25(12-16)19(26)13-24-8-6-22-14-24/h1,3,5-6,8-9,11,14,16H,2,4,7,10,12-13H2/t16-/m0/s1. The molecule has 140 valence electrons. The Kier molecular flexibility index (Phi) is 5.00. The van der Waals surface area contributed by atoms with E-state index in [1.54, 1.807) is 35.6 Å². The molecule has 7 heteroatoms. The zero-order valence-electron chi connectivity index (χ0n) is 14.9. The van der Waals surface area contributed by atoms with Crippen molar-refractivity contribution in [1.82, 2.24) is 19.4 Å². The van der Waals surface area contributed by atoms with Crippen LogP contribution in [-0.2, 0) is 17.8 Å². The first kappa shape index (κ1) is 17.5. The third-order valence-corrected chi connectivity index (χ3v) is 4.84. The third-order valence-electron chi connectivity index (χ3n) is 4.84. The summed E-state index contributed by atoms with van der Waals surface area (Å²) in [5.74, 6) is 1.27. The van der Waals surface area contributed by atoms with Crippen LogP contribution in [0.1, 0.15) is 36.0 Å². The van der Waals surface area contributed by atoms with Crippen LogP contribution in [0.3, 0.4) is 0 Å². The van der Waals surface area contributed by atoms with E-state index in [-0.39, 0.29) is 17.6 Å². The number of hydrogen-bond donors (Lipinski definition) is 0. The van der Waals surface area contributed by atoms with Crippen molar-refractivity contribution < 1.29 is 13.6 Å². The van der Waals surface area contributed by atoms with Crippen LogP contribution in [0.4, 0.5) is 4.39 Å². The number of amides is 1. The predicted molar refractivity (Wildman–Crippen MR) is 96.5 cm³/mol. The number of imidazole rings is 1. The largest absolute Gasteiger partial charge is 0.445 e. The van der Waals surface area contributed by atoms with E-state index < -0.39 is 0 Å². The highest BCUT2D eigenvalue weighted by Crippen LogP contribution is 2.27. The molecule has 1 aliphatic heterocycles. The molecule has 1 aromatic carbocycles. The van der Waals surface area contributed by atoms with Crippen molar-refractivity contribution in [3.05, 3.63) is 72.2 Å². The maximum Gasteiger partial charge on any atom is 0.242 e. The second kappa shape index (κ2) is 7.73. The fourth-order valence-electron chi connectivity index (χ4n) is 3.48. The first-order valence-electron chi connectivity index (χ1n) is 9.10. The van der Waals surface area contributed by atoms with Gasteiger partial charge in [-0.2, -0.15) is 0 Å². The van der Waals surface area contributed by atoms with Gasteiger partial charge in [-0.25, -0.2) is 14.4 Å². The molecule has 0 N–H and O–H groups in total. The molecule has 3 heterocycles. The topological polar surface area (TPSA) is 64.2 Å². The lowest BCUT2D eigenvalue weighted by Crippen LogP contribution is -2.40. The molecule has 0 unspecified atom stereocenters. The average molecular weight is 368 g/mol. The summed E-state index contributed by atoms with van der Waals surface area (Å²) in [5.41, 5.74) is 0.846. The lowest BCUT2D eigenvalue weighted by molar-refractivity contribution is -0.133. The van der Waals surface area contributed by atoms with Crippen LogP contribution in [-0.4, -0.2) is 38.4 Å². The molecule has 0 saturated carbocycles. The number of aromatic nitrogens is 3. The Morgan fingerprint density at radius 2 is 2.30 bits per heavy atom. The molecule has 0 bridgehead atoms. The molecule has 1 fully saturated rings. The number of benzene rings is 1. The molecule has 1 saturated heterocycles. The number of piperidine rings is 1. The van der Waals surface area contributed by atoms with Gasteiger partial charge in [-0.1, -0.05) is 12.1 Å². The third kappa shape index (κ3) is 4.24. The number of oxazole rings is 1. The van der Waals surface area contributed by atoms with E-state index >= 15 is 0 Å². The zero-order chi connectivity index (χ0) is 18.6. The van der Waals surface area contributed by atoms with Crippen LogP contribution in [0.2, 0.25) is 0 Å². The Bertz CT molecular complexity index is 906. The molecule has 6 nitrogen and oxygen atoms in total. The molecule has 4 rings (SSSR count). The quantitative estimate of drug-likeness (QED) is 0.694. The van der Waals surface area contributed by atoms with Gasteiger partial charge in [0, 0.05) is 31.9 Å². The molecule has 0 radical (unpaired) electrons. The first-order chi connectivity index (χ1) is 13.2. The molecule has 1 aliphatic rings. The summed E-state index contributed by atoms with van der Waals surface area (Å²) in [6.07, 6.45) is 9.15. The number of halogens is 1. The fourth-order valence-corrected chi connectivity index (χ4v) is 3.48. The van der Waals surface area contributed by atoms with Crippen LogP contribution >= 0.6 is 0 Å². The number of hydrogen-bond acceptors (Lipinski definition) is 4. The predicted octanol–water partition coefficient (Wildman–Crippen LogP) is 3.01. The van der Waals surface area contributed by atoms with E-state index in [4.69, 9.17) is 4.42 Å². The van der Waals surface area contributed by atoms with Gasteiger partial charge in [-0.15, -0.1) is 0 Å². The van der Waals surface area contributed by atoms with Crippen molar-refractivity contribution in [2.45, 2.75) is 31.7 Å². The zero-order valence-corrected chi connectivity index (χ0v) is 14.9. The SMILES string of the molecule is O=C(Cn1ccnc1)N1CCC[C@H](c2ncc(Cc3cccc(F)c3)o2)C1. The molecule has 1 atom stereocenters. The summed E-state index contributed by atoms with van der Waals surface area (Å²) < 4.78 is 21.0. The molecule has 27 heavy (non-hydrogen) atoms. The Hall–Kier alpha value is -2.96. The summed E-state index contributed by atoms with van der Waals surface area (Å²) >= 11 is 0. The van der Waals surface area contributed by atoms with E-state index in [0.717, 1.165) is 24.9 Å². The van der Waals surface area contributed by atoms with Crippen LogP contribution in [0.25, 0.3) is 0 Å². The van der Waals surface area contributed by atoms with Gasteiger partial charge >= 0.3 is 0 Å². The molecule has 0 spiro atoms. The van der Waals surface area contributed by atoms with Crippen LogP contribution in [0.5, 0.6) is 0 Å². The van der Waals surface area contributed by atoms with Gasteiger partial charge < -0.3 is 13.9 Å². The van der Waals surface area contributed by atoms with Gasteiger partial charge in [0.2, 0.25) is 5.91 Å². The lowest BCUT2D eigenvalue weighted by Gasteiger charge is -2.31.